The average Bonchev–Trinajstić information content (AvgIpc) is 3.16. The summed E-state index contributed by atoms with van der Waals surface area (Å²) in [5, 5.41) is 4.35. The smallest absolute Gasteiger partial charge is 0.223 e. The number of nitrogens with zero attached hydrogens (tertiary/aromatic N) is 1. The molecule has 1 heterocycles. The topological polar surface area (TPSA) is 42.0 Å². The normalized spacial score (nSPS) is 21.1. The summed E-state index contributed by atoms with van der Waals surface area (Å²) < 4.78 is 1.22. The van der Waals surface area contributed by atoms with Crippen molar-refractivity contribution in [3.05, 3.63) is 65.2 Å². The van der Waals surface area contributed by atoms with Crippen molar-refractivity contribution in [3.8, 4) is 0 Å². The van der Waals surface area contributed by atoms with Crippen LogP contribution in [-0.2, 0) is 4.79 Å². The van der Waals surface area contributed by atoms with E-state index in [1.54, 1.807) is 11.3 Å². The van der Waals surface area contributed by atoms with Gasteiger partial charge < -0.3 is 5.32 Å². The van der Waals surface area contributed by atoms with Gasteiger partial charge in [0.15, 0.2) is 0 Å². The second-order valence-corrected chi connectivity index (χ2v) is 8.64. The van der Waals surface area contributed by atoms with Gasteiger partial charge in [0.05, 0.1) is 15.2 Å². The van der Waals surface area contributed by atoms with Crippen molar-refractivity contribution >= 4 is 27.5 Å². The minimum absolute atomic E-state index is 0.0438. The van der Waals surface area contributed by atoms with Gasteiger partial charge >= 0.3 is 0 Å². The highest BCUT2D eigenvalue weighted by Crippen LogP contribution is 2.40. The Morgan fingerprint density at radius 2 is 1.85 bits per heavy atom. The van der Waals surface area contributed by atoms with Gasteiger partial charge in [0.1, 0.15) is 0 Å². The highest BCUT2D eigenvalue weighted by Gasteiger charge is 2.34. The van der Waals surface area contributed by atoms with Gasteiger partial charge in [-0.25, -0.2) is 4.98 Å². The maximum atomic E-state index is 13.0. The summed E-state index contributed by atoms with van der Waals surface area (Å²) in [6.45, 7) is 2.85. The Bertz CT molecular complexity index is 872. The van der Waals surface area contributed by atoms with Crippen molar-refractivity contribution in [2.24, 2.45) is 5.92 Å². The van der Waals surface area contributed by atoms with E-state index in [4.69, 9.17) is 4.98 Å². The van der Waals surface area contributed by atoms with Crippen LogP contribution in [0.15, 0.2) is 54.6 Å². The fourth-order valence-corrected chi connectivity index (χ4v) is 5.24. The molecule has 4 heteroatoms. The van der Waals surface area contributed by atoms with Crippen LogP contribution in [0.3, 0.4) is 0 Å². The maximum Gasteiger partial charge on any atom is 0.223 e. The van der Waals surface area contributed by atoms with Crippen LogP contribution in [0, 0.1) is 5.92 Å². The first-order chi connectivity index (χ1) is 13.2. The Kier molecular flexibility index (Phi) is 5.53. The lowest BCUT2D eigenvalue weighted by Crippen LogP contribution is -2.37. The van der Waals surface area contributed by atoms with Gasteiger partial charge in [0.25, 0.3) is 0 Å². The Labute approximate surface area is 164 Å². The predicted octanol–water partition coefficient (Wildman–Crippen LogP) is 5.49. The number of hydrogen-bond donors (Lipinski definition) is 1. The van der Waals surface area contributed by atoms with E-state index in [0.29, 0.717) is 12.5 Å². The number of carbonyl (C=O) groups excluding carboxylic acids is 1. The van der Waals surface area contributed by atoms with Crippen LogP contribution >= 0.6 is 11.3 Å². The second kappa shape index (κ2) is 8.22. The molecule has 3 aromatic rings. The van der Waals surface area contributed by atoms with E-state index in [2.05, 4.69) is 54.7 Å². The number of carbonyl (C=O) groups is 1. The molecule has 1 aliphatic rings. The summed E-state index contributed by atoms with van der Waals surface area (Å²) in [6, 6.07) is 18.7. The SMILES string of the molecule is CC(CNC(=O)C1CCCCC1c1nc2ccccc2s1)c1ccccc1. The summed E-state index contributed by atoms with van der Waals surface area (Å²) in [6.07, 6.45) is 4.34. The standard InChI is InChI=1S/C23H26N2OS/c1-16(17-9-3-2-4-10-17)15-24-22(26)18-11-5-6-12-19(18)23-25-20-13-7-8-14-21(20)27-23/h2-4,7-10,13-14,16,18-19H,5-6,11-12,15H2,1H3,(H,24,26). The van der Waals surface area contributed by atoms with Crippen molar-refractivity contribution in [3.63, 3.8) is 0 Å². The number of hydrogen-bond acceptors (Lipinski definition) is 3. The molecule has 0 aliphatic heterocycles. The number of amides is 1. The molecule has 1 N–H and O–H groups in total. The molecule has 140 valence electrons. The Hall–Kier alpha value is -2.20. The molecule has 1 fully saturated rings. The number of thiazole rings is 1. The molecule has 1 aromatic heterocycles. The zero-order valence-electron chi connectivity index (χ0n) is 15.7. The third-order valence-electron chi connectivity index (χ3n) is 5.68. The largest absolute Gasteiger partial charge is 0.355 e. The van der Waals surface area contributed by atoms with Gasteiger partial charge in [0, 0.05) is 18.4 Å². The first-order valence-corrected chi connectivity index (χ1v) is 10.7. The third-order valence-corrected chi connectivity index (χ3v) is 6.85. The molecule has 0 bridgehead atoms. The highest BCUT2D eigenvalue weighted by molar-refractivity contribution is 7.18. The molecule has 3 nitrogen and oxygen atoms in total. The molecule has 3 unspecified atom stereocenters. The fourth-order valence-electron chi connectivity index (χ4n) is 4.07. The number of benzene rings is 2. The lowest BCUT2D eigenvalue weighted by molar-refractivity contribution is -0.126. The summed E-state index contributed by atoms with van der Waals surface area (Å²) >= 11 is 1.76. The molecule has 3 atom stereocenters. The lowest BCUT2D eigenvalue weighted by Gasteiger charge is -2.29. The van der Waals surface area contributed by atoms with Crippen molar-refractivity contribution in [1.29, 1.82) is 0 Å². The zero-order valence-corrected chi connectivity index (χ0v) is 16.5. The maximum absolute atomic E-state index is 13.0. The molecule has 2 aromatic carbocycles. The summed E-state index contributed by atoms with van der Waals surface area (Å²) in [4.78, 5) is 17.8. The fraction of sp³-hybridized carbons (Fsp3) is 0.391. The average molecular weight is 379 g/mol. The van der Waals surface area contributed by atoms with Gasteiger partial charge in [0.2, 0.25) is 5.91 Å². The second-order valence-electron chi connectivity index (χ2n) is 7.57. The zero-order chi connectivity index (χ0) is 18.6. The van der Waals surface area contributed by atoms with E-state index in [-0.39, 0.29) is 17.7 Å². The minimum Gasteiger partial charge on any atom is -0.355 e. The Morgan fingerprint density at radius 1 is 1.11 bits per heavy atom. The van der Waals surface area contributed by atoms with Crippen molar-refractivity contribution in [2.75, 3.05) is 6.54 Å². The van der Waals surface area contributed by atoms with Crippen molar-refractivity contribution in [2.45, 2.75) is 44.4 Å². The van der Waals surface area contributed by atoms with Crippen LogP contribution in [0.25, 0.3) is 10.2 Å². The molecular formula is C23H26N2OS. The van der Waals surface area contributed by atoms with E-state index in [9.17, 15) is 4.79 Å². The number of aromatic nitrogens is 1. The van der Waals surface area contributed by atoms with Gasteiger partial charge in [-0.1, -0.05) is 62.2 Å². The minimum atomic E-state index is 0.0438. The van der Waals surface area contributed by atoms with Gasteiger partial charge in [-0.3, -0.25) is 4.79 Å². The Morgan fingerprint density at radius 3 is 2.67 bits per heavy atom. The molecular weight excluding hydrogens is 352 g/mol. The van der Waals surface area contributed by atoms with Crippen LogP contribution < -0.4 is 5.32 Å². The first-order valence-electron chi connectivity index (χ1n) is 9.90. The number of para-hydroxylation sites is 1. The van der Waals surface area contributed by atoms with Crippen LogP contribution in [0.2, 0.25) is 0 Å². The van der Waals surface area contributed by atoms with Gasteiger partial charge in [-0.2, -0.15) is 0 Å². The van der Waals surface area contributed by atoms with Crippen LogP contribution in [-0.4, -0.2) is 17.4 Å². The van der Waals surface area contributed by atoms with Gasteiger partial charge in [-0.15, -0.1) is 11.3 Å². The molecule has 0 saturated heterocycles. The van der Waals surface area contributed by atoms with E-state index in [1.165, 1.54) is 16.7 Å². The number of fused-ring (bicyclic) bond motifs is 1. The monoisotopic (exact) mass is 378 g/mol. The van der Waals surface area contributed by atoms with Gasteiger partial charge in [-0.05, 0) is 36.5 Å². The number of nitrogens with one attached hydrogen (secondary N) is 1. The van der Waals surface area contributed by atoms with E-state index in [0.717, 1.165) is 29.8 Å². The van der Waals surface area contributed by atoms with Crippen LogP contribution in [0.5, 0.6) is 0 Å². The molecule has 0 radical (unpaired) electrons. The van der Waals surface area contributed by atoms with Crippen molar-refractivity contribution in [1.82, 2.24) is 10.3 Å². The summed E-state index contributed by atoms with van der Waals surface area (Å²) in [5.74, 6) is 0.812. The van der Waals surface area contributed by atoms with Crippen LogP contribution in [0.1, 0.15) is 55.0 Å². The molecule has 0 spiro atoms. The quantitative estimate of drug-likeness (QED) is 0.638. The molecule has 1 saturated carbocycles. The molecule has 1 amide bonds. The van der Waals surface area contributed by atoms with Crippen LogP contribution in [0.4, 0.5) is 0 Å². The Balaban J connectivity index is 1.46. The summed E-state index contributed by atoms with van der Waals surface area (Å²) in [7, 11) is 0. The number of rotatable bonds is 5. The molecule has 27 heavy (non-hydrogen) atoms. The highest BCUT2D eigenvalue weighted by atomic mass is 32.1. The predicted molar refractivity (Wildman–Crippen MR) is 112 cm³/mol. The third kappa shape index (κ3) is 4.06. The molecule has 4 rings (SSSR count). The van der Waals surface area contributed by atoms with E-state index >= 15 is 0 Å². The molecule has 1 aliphatic carbocycles. The van der Waals surface area contributed by atoms with Crippen molar-refractivity contribution < 1.29 is 4.79 Å². The lowest BCUT2D eigenvalue weighted by atomic mass is 9.79. The summed E-state index contributed by atoms with van der Waals surface area (Å²) in [5.41, 5.74) is 2.32. The first kappa shape index (κ1) is 18.2. The van der Waals surface area contributed by atoms with E-state index < -0.39 is 0 Å². The van der Waals surface area contributed by atoms with E-state index in [1.807, 2.05) is 12.1 Å².